The van der Waals surface area contributed by atoms with Gasteiger partial charge in [-0.15, -0.1) is 0 Å². The Balaban J connectivity index is 0.824. The SMILES string of the molecule is CC(=O)c1c(C)c2cnc(Nc3ccc(N4CCN(CCC5CCN(c6cccc(N7CCC(=O)NC7=O)c6Cl)CC5)CC4)cn3)nc2n(C2CCCC2)c1=O. The van der Waals surface area contributed by atoms with Gasteiger partial charge in [0.25, 0.3) is 5.56 Å². The summed E-state index contributed by atoms with van der Waals surface area (Å²) in [4.78, 5) is 72.9. The molecule has 0 spiro atoms. The second kappa shape index (κ2) is 16.2. The van der Waals surface area contributed by atoms with Crippen LogP contribution in [0.25, 0.3) is 11.0 Å². The molecule has 3 aromatic heterocycles. The van der Waals surface area contributed by atoms with Crippen LogP contribution in [0, 0.1) is 12.8 Å². The number of nitrogens with one attached hydrogen (secondary N) is 2. The Morgan fingerprint density at radius 2 is 1.64 bits per heavy atom. The number of piperazine rings is 1. The van der Waals surface area contributed by atoms with E-state index in [2.05, 4.69) is 41.4 Å². The number of urea groups is 1. The number of nitrogens with zero attached hydrogens (tertiary/aromatic N) is 8. The number of rotatable bonds is 10. The summed E-state index contributed by atoms with van der Waals surface area (Å²) in [5.41, 5.74) is 3.79. The van der Waals surface area contributed by atoms with Crippen molar-refractivity contribution in [1.82, 2.24) is 29.7 Å². The number of halogens is 1. The summed E-state index contributed by atoms with van der Waals surface area (Å²) in [6, 6.07) is 9.39. The van der Waals surface area contributed by atoms with E-state index >= 15 is 0 Å². The molecule has 0 unspecified atom stereocenters. The molecule has 3 aliphatic heterocycles. The summed E-state index contributed by atoms with van der Waals surface area (Å²) in [5.74, 6) is 1.14. The summed E-state index contributed by atoms with van der Waals surface area (Å²) in [6.45, 7) is 10.3. The molecule has 3 saturated heterocycles. The summed E-state index contributed by atoms with van der Waals surface area (Å²) in [5, 5.41) is 6.89. The average molecular weight is 781 g/mol. The van der Waals surface area contributed by atoms with Crippen molar-refractivity contribution < 1.29 is 14.4 Å². The lowest BCUT2D eigenvalue weighted by atomic mass is 9.93. The first kappa shape index (κ1) is 37.8. The topological polar surface area (TPSA) is 149 Å². The van der Waals surface area contributed by atoms with E-state index in [1.54, 1.807) is 22.6 Å². The lowest BCUT2D eigenvalue weighted by molar-refractivity contribution is -0.120. The number of Topliss-reactive ketones (excluding diaryl/α,β-unsaturated/α-hetero) is 1. The molecule has 6 heterocycles. The molecule has 56 heavy (non-hydrogen) atoms. The van der Waals surface area contributed by atoms with Crippen LogP contribution in [0.2, 0.25) is 5.02 Å². The molecule has 0 bridgehead atoms. The first-order valence-electron chi connectivity index (χ1n) is 19.9. The van der Waals surface area contributed by atoms with E-state index in [4.69, 9.17) is 16.6 Å². The molecule has 4 aliphatic rings. The third kappa shape index (κ3) is 7.68. The van der Waals surface area contributed by atoms with Gasteiger partial charge in [0.2, 0.25) is 11.9 Å². The molecule has 1 aliphatic carbocycles. The van der Waals surface area contributed by atoms with Gasteiger partial charge in [-0.2, -0.15) is 4.98 Å². The Labute approximate surface area is 331 Å². The van der Waals surface area contributed by atoms with Crippen LogP contribution in [0.4, 0.5) is 33.6 Å². The summed E-state index contributed by atoms with van der Waals surface area (Å²) in [7, 11) is 0. The van der Waals surface area contributed by atoms with Gasteiger partial charge in [0.15, 0.2) is 5.78 Å². The summed E-state index contributed by atoms with van der Waals surface area (Å²) in [6.07, 6.45) is 11.1. The number of pyridine rings is 2. The van der Waals surface area contributed by atoms with Crippen molar-refractivity contribution in [2.75, 3.05) is 72.4 Å². The zero-order chi connectivity index (χ0) is 38.9. The Hall–Kier alpha value is -5.08. The monoisotopic (exact) mass is 780 g/mol. The molecule has 8 rings (SSSR count). The molecule has 4 fully saturated rings. The molecule has 15 heteroatoms. The lowest BCUT2D eigenvalue weighted by Crippen LogP contribution is -2.49. The van der Waals surface area contributed by atoms with E-state index < -0.39 is 6.03 Å². The first-order chi connectivity index (χ1) is 27.1. The van der Waals surface area contributed by atoms with Gasteiger partial charge in [-0.3, -0.25) is 34.1 Å². The molecule has 1 saturated carbocycles. The minimum Gasteiger partial charge on any atom is -0.370 e. The standard InChI is InChI=1S/C41H49ClN10O4/c1-26-31-25-44-40(47-38(31)52(29-6-3-4-7-29)39(55)36(26)27(2)53)45-34-11-10-30(24-43-34)49-22-20-48(21-23-49)16-12-28-13-17-50(18-14-28)32-8-5-9-33(37(32)42)51-19-15-35(54)46-41(51)56/h5,8-11,24-25,28-29H,3-4,6-7,12-23H2,1-2H3,(H,46,54,56)(H,43,44,45,47). The van der Waals surface area contributed by atoms with Crippen LogP contribution < -0.4 is 30.9 Å². The number of ketones is 1. The summed E-state index contributed by atoms with van der Waals surface area (Å²) < 4.78 is 1.72. The van der Waals surface area contributed by atoms with Crippen LogP contribution in [-0.4, -0.2) is 94.5 Å². The quantitative estimate of drug-likeness (QED) is 0.180. The van der Waals surface area contributed by atoms with Gasteiger partial charge in [0.1, 0.15) is 11.5 Å². The first-order valence-corrected chi connectivity index (χ1v) is 20.3. The smallest absolute Gasteiger partial charge is 0.328 e. The van der Waals surface area contributed by atoms with E-state index in [0.29, 0.717) is 46.1 Å². The molecule has 14 nitrogen and oxygen atoms in total. The Kier molecular flexibility index (Phi) is 10.9. The minimum atomic E-state index is -0.425. The molecule has 0 atom stereocenters. The van der Waals surface area contributed by atoms with Crippen molar-refractivity contribution in [3.8, 4) is 0 Å². The average Bonchev–Trinajstić information content (AvgIpc) is 3.73. The lowest BCUT2D eigenvalue weighted by Gasteiger charge is -2.38. The number of aryl methyl sites for hydroxylation is 1. The molecule has 4 aromatic rings. The minimum absolute atomic E-state index is 0.0200. The van der Waals surface area contributed by atoms with Crippen molar-refractivity contribution in [3.05, 3.63) is 69.2 Å². The highest BCUT2D eigenvalue weighted by molar-refractivity contribution is 6.36. The number of carbonyl (C=O) groups is 3. The maximum atomic E-state index is 13.6. The van der Waals surface area contributed by atoms with Gasteiger partial charge in [0, 0.05) is 69.9 Å². The fourth-order valence-electron chi connectivity index (χ4n) is 8.88. The number of aromatic nitrogens is 4. The third-order valence-electron chi connectivity index (χ3n) is 12.1. The predicted molar refractivity (Wildman–Crippen MR) is 219 cm³/mol. The number of benzene rings is 1. The zero-order valence-corrected chi connectivity index (χ0v) is 32.9. The van der Waals surface area contributed by atoms with E-state index in [9.17, 15) is 19.2 Å². The van der Waals surface area contributed by atoms with Crippen LogP contribution >= 0.6 is 11.6 Å². The fraction of sp³-hybridized carbons (Fsp3) is 0.488. The Bertz CT molecular complexity index is 2190. The maximum Gasteiger partial charge on any atom is 0.328 e. The summed E-state index contributed by atoms with van der Waals surface area (Å²) >= 11 is 6.85. The Morgan fingerprint density at radius 3 is 2.34 bits per heavy atom. The van der Waals surface area contributed by atoms with Gasteiger partial charge in [0.05, 0.1) is 33.8 Å². The van der Waals surface area contributed by atoms with E-state index in [1.165, 1.54) is 6.92 Å². The van der Waals surface area contributed by atoms with Gasteiger partial charge < -0.3 is 15.1 Å². The molecule has 3 amide bonds. The molecule has 0 radical (unpaired) electrons. The van der Waals surface area contributed by atoms with Crippen molar-refractivity contribution in [2.45, 2.75) is 71.3 Å². The zero-order valence-electron chi connectivity index (χ0n) is 32.1. The number of imide groups is 1. The normalized spacial score (nSPS) is 18.9. The van der Waals surface area contributed by atoms with Gasteiger partial charge in [-0.25, -0.2) is 14.8 Å². The second-order valence-corrected chi connectivity index (χ2v) is 15.9. The number of hydrogen-bond acceptors (Lipinski definition) is 11. The van der Waals surface area contributed by atoms with Crippen molar-refractivity contribution in [2.24, 2.45) is 5.92 Å². The molecule has 294 valence electrons. The fourth-order valence-corrected chi connectivity index (χ4v) is 9.23. The van der Waals surface area contributed by atoms with E-state index in [0.717, 1.165) is 108 Å². The Morgan fingerprint density at radius 1 is 0.893 bits per heavy atom. The maximum absolute atomic E-state index is 13.6. The number of fused-ring (bicyclic) bond motifs is 1. The number of anilines is 5. The van der Waals surface area contributed by atoms with Crippen molar-refractivity contribution >= 4 is 69.2 Å². The molecule has 1 aromatic carbocycles. The van der Waals surface area contributed by atoms with Gasteiger partial charge >= 0.3 is 6.03 Å². The third-order valence-corrected chi connectivity index (χ3v) is 12.5. The van der Waals surface area contributed by atoms with E-state index in [1.807, 2.05) is 30.5 Å². The second-order valence-electron chi connectivity index (χ2n) is 15.5. The van der Waals surface area contributed by atoms with Crippen LogP contribution in [0.15, 0.2) is 47.5 Å². The number of piperidine rings is 1. The number of hydrogen-bond donors (Lipinski definition) is 2. The van der Waals surface area contributed by atoms with Gasteiger partial charge in [-0.05, 0) is 88.2 Å². The van der Waals surface area contributed by atoms with Crippen molar-refractivity contribution in [1.29, 1.82) is 0 Å². The largest absolute Gasteiger partial charge is 0.370 e. The molecule has 2 N–H and O–H groups in total. The highest BCUT2D eigenvalue weighted by Crippen LogP contribution is 2.38. The van der Waals surface area contributed by atoms with Crippen LogP contribution in [0.5, 0.6) is 0 Å². The van der Waals surface area contributed by atoms with Crippen LogP contribution in [0.3, 0.4) is 0 Å². The van der Waals surface area contributed by atoms with Gasteiger partial charge in [-0.1, -0.05) is 30.5 Å². The van der Waals surface area contributed by atoms with Crippen LogP contribution in [0.1, 0.15) is 80.3 Å². The molecular formula is C41H49ClN10O4. The van der Waals surface area contributed by atoms with E-state index in [-0.39, 0.29) is 35.3 Å². The number of carbonyl (C=O) groups excluding carboxylic acids is 3. The van der Waals surface area contributed by atoms with Crippen LogP contribution in [-0.2, 0) is 4.79 Å². The van der Waals surface area contributed by atoms with Crippen molar-refractivity contribution in [3.63, 3.8) is 0 Å². The highest BCUT2D eigenvalue weighted by atomic mass is 35.5. The highest BCUT2D eigenvalue weighted by Gasteiger charge is 2.30. The molecular weight excluding hydrogens is 732 g/mol. The number of amides is 3. The predicted octanol–water partition coefficient (Wildman–Crippen LogP) is 6.08.